The largest absolute Gasteiger partial charge is 0.495 e. The third kappa shape index (κ3) is 5.42. The van der Waals surface area contributed by atoms with Gasteiger partial charge >= 0.3 is 6.18 Å². The summed E-state index contributed by atoms with van der Waals surface area (Å²) in [4.78, 5) is 1.05. The Bertz CT molecular complexity index is 1260. The minimum absolute atomic E-state index is 0.0751. The Morgan fingerprint density at radius 3 is 2.09 bits per heavy atom. The van der Waals surface area contributed by atoms with Gasteiger partial charge in [0.2, 0.25) is 20.0 Å². The van der Waals surface area contributed by atoms with E-state index in [9.17, 15) is 30.0 Å². The number of sulfonamides is 2. The lowest BCUT2D eigenvalue weighted by Crippen LogP contribution is -2.49. The first-order valence-corrected chi connectivity index (χ1v) is 13.9. The van der Waals surface area contributed by atoms with Crippen LogP contribution >= 0.6 is 0 Å². The fraction of sp³-hybridized carbons (Fsp3) is 0.455. The normalized spacial score (nSPS) is 16.0. The molecule has 35 heavy (non-hydrogen) atoms. The molecule has 0 unspecified atom stereocenters. The first-order valence-electron chi connectivity index (χ1n) is 11.0. The Hall–Kier alpha value is -2.35. The van der Waals surface area contributed by atoms with Gasteiger partial charge in [0.1, 0.15) is 5.75 Å². The number of alkyl halides is 3. The first kappa shape index (κ1) is 27.2. The molecule has 2 aromatic carbocycles. The summed E-state index contributed by atoms with van der Waals surface area (Å²) in [5.41, 5.74) is -0.744. The highest BCUT2D eigenvalue weighted by molar-refractivity contribution is 7.89. The summed E-state index contributed by atoms with van der Waals surface area (Å²) in [6, 6.07) is 8.57. The molecule has 0 spiro atoms. The minimum atomic E-state index is -4.81. The highest BCUT2D eigenvalue weighted by Gasteiger charge is 2.39. The van der Waals surface area contributed by atoms with Gasteiger partial charge in [0, 0.05) is 39.3 Å². The number of hydrogen-bond acceptors (Lipinski definition) is 6. The van der Waals surface area contributed by atoms with E-state index in [-0.39, 0.29) is 31.1 Å². The van der Waals surface area contributed by atoms with Gasteiger partial charge in [-0.1, -0.05) is 26.0 Å². The second kappa shape index (κ2) is 10.3. The maximum absolute atomic E-state index is 13.4. The van der Waals surface area contributed by atoms with Crippen LogP contribution in [0.3, 0.4) is 0 Å². The predicted octanol–water partition coefficient (Wildman–Crippen LogP) is 3.26. The van der Waals surface area contributed by atoms with Gasteiger partial charge in [0.15, 0.2) is 0 Å². The summed E-state index contributed by atoms with van der Waals surface area (Å²) in [5.74, 6) is 0.405. The SMILES string of the molecule is CCN(CC)S(=O)(=O)c1ccc(OC)c(N2CCN(S(=O)(=O)c3ccccc3C(F)(F)F)CC2)c1. The predicted molar refractivity (Wildman–Crippen MR) is 126 cm³/mol. The van der Waals surface area contributed by atoms with Gasteiger partial charge in [0.05, 0.1) is 28.2 Å². The quantitative estimate of drug-likeness (QED) is 0.516. The molecule has 1 aliphatic rings. The van der Waals surface area contributed by atoms with Crippen LogP contribution < -0.4 is 9.64 Å². The van der Waals surface area contributed by atoms with Crippen LogP contribution in [0.1, 0.15) is 19.4 Å². The van der Waals surface area contributed by atoms with Crippen molar-refractivity contribution in [2.75, 3.05) is 51.3 Å². The fourth-order valence-electron chi connectivity index (χ4n) is 4.02. The van der Waals surface area contributed by atoms with E-state index in [1.807, 2.05) is 0 Å². The number of methoxy groups -OCH3 is 1. The molecule has 13 heteroatoms. The molecule has 0 N–H and O–H groups in total. The molecule has 1 aliphatic heterocycles. The molecule has 0 amide bonds. The zero-order valence-corrected chi connectivity index (χ0v) is 21.3. The smallest absolute Gasteiger partial charge is 0.417 e. The molecule has 1 fully saturated rings. The van der Waals surface area contributed by atoms with E-state index in [0.29, 0.717) is 24.5 Å². The van der Waals surface area contributed by atoms with E-state index in [0.717, 1.165) is 22.5 Å². The van der Waals surface area contributed by atoms with Crippen LogP contribution in [0.2, 0.25) is 0 Å². The molecule has 0 aromatic heterocycles. The van der Waals surface area contributed by atoms with E-state index in [1.54, 1.807) is 18.7 Å². The van der Waals surface area contributed by atoms with Crippen LogP contribution in [0.25, 0.3) is 0 Å². The number of ether oxygens (including phenoxy) is 1. The summed E-state index contributed by atoms with van der Waals surface area (Å²) in [7, 11) is -6.69. The van der Waals surface area contributed by atoms with Gasteiger partial charge in [-0.3, -0.25) is 0 Å². The van der Waals surface area contributed by atoms with Crippen LogP contribution in [0.15, 0.2) is 52.3 Å². The number of nitrogens with zero attached hydrogens (tertiary/aromatic N) is 3. The monoisotopic (exact) mass is 535 g/mol. The number of rotatable bonds is 8. The van der Waals surface area contributed by atoms with Crippen molar-refractivity contribution >= 4 is 25.7 Å². The summed E-state index contributed by atoms with van der Waals surface area (Å²) < 4.78 is 99.9. The van der Waals surface area contributed by atoms with Crippen molar-refractivity contribution in [3.05, 3.63) is 48.0 Å². The van der Waals surface area contributed by atoms with E-state index in [4.69, 9.17) is 4.74 Å². The first-order chi connectivity index (χ1) is 16.4. The Morgan fingerprint density at radius 1 is 0.943 bits per heavy atom. The van der Waals surface area contributed by atoms with Crippen molar-refractivity contribution in [3.63, 3.8) is 0 Å². The molecular formula is C22H28F3N3O5S2. The molecule has 194 valence electrons. The molecule has 1 saturated heterocycles. The molecule has 0 atom stereocenters. The van der Waals surface area contributed by atoms with Crippen LogP contribution in [-0.2, 0) is 26.2 Å². The summed E-state index contributed by atoms with van der Waals surface area (Å²) in [5, 5.41) is 0. The second-order valence-electron chi connectivity index (χ2n) is 7.81. The number of benzene rings is 2. The van der Waals surface area contributed by atoms with Crippen LogP contribution in [0, 0.1) is 0 Å². The van der Waals surface area contributed by atoms with Crippen molar-refractivity contribution in [1.82, 2.24) is 8.61 Å². The topological polar surface area (TPSA) is 87.2 Å². The van der Waals surface area contributed by atoms with E-state index in [2.05, 4.69) is 0 Å². The van der Waals surface area contributed by atoms with Crippen molar-refractivity contribution in [3.8, 4) is 5.75 Å². The molecule has 0 aliphatic carbocycles. The van der Waals surface area contributed by atoms with Gasteiger partial charge in [-0.25, -0.2) is 16.8 Å². The average Bonchev–Trinajstić information content (AvgIpc) is 2.83. The standard InChI is InChI=1S/C22H28F3N3O5S2/c1-4-27(5-2)34(29,30)17-10-11-20(33-3)19(16-17)26-12-14-28(15-13-26)35(31,32)21-9-7-6-8-18(21)22(23,24)25/h6-11,16H,4-5,12-15H2,1-3H3. The van der Waals surface area contributed by atoms with Gasteiger partial charge in [-0.2, -0.15) is 21.8 Å². The molecule has 0 bridgehead atoms. The van der Waals surface area contributed by atoms with Crippen LogP contribution in [-0.4, -0.2) is 71.8 Å². The summed E-state index contributed by atoms with van der Waals surface area (Å²) in [6.45, 7) is 4.20. The molecule has 0 saturated carbocycles. The number of halogens is 3. The number of piperazine rings is 1. The van der Waals surface area contributed by atoms with Crippen molar-refractivity contribution < 1.29 is 34.7 Å². The van der Waals surface area contributed by atoms with Crippen molar-refractivity contribution in [2.24, 2.45) is 0 Å². The lowest BCUT2D eigenvalue weighted by molar-refractivity contribution is -0.139. The molecular weight excluding hydrogens is 507 g/mol. The summed E-state index contributed by atoms with van der Waals surface area (Å²) >= 11 is 0. The second-order valence-corrected chi connectivity index (χ2v) is 11.7. The Morgan fingerprint density at radius 2 is 1.54 bits per heavy atom. The third-order valence-corrected chi connectivity index (χ3v) is 9.89. The molecule has 1 heterocycles. The fourth-order valence-corrected chi connectivity index (χ4v) is 7.14. The lowest BCUT2D eigenvalue weighted by Gasteiger charge is -2.36. The van der Waals surface area contributed by atoms with Crippen molar-refractivity contribution in [1.29, 1.82) is 0 Å². The minimum Gasteiger partial charge on any atom is -0.495 e. The average molecular weight is 536 g/mol. The Balaban J connectivity index is 1.88. The highest BCUT2D eigenvalue weighted by Crippen LogP contribution is 2.36. The van der Waals surface area contributed by atoms with Gasteiger partial charge < -0.3 is 9.64 Å². The highest BCUT2D eigenvalue weighted by atomic mass is 32.2. The zero-order chi connectivity index (χ0) is 26.0. The lowest BCUT2D eigenvalue weighted by atomic mass is 10.2. The van der Waals surface area contributed by atoms with Gasteiger partial charge in [-0.15, -0.1) is 0 Å². The van der Waals surface area contributed by atoms with Crippen LogP contribution in [0.4, 0.5) is 18.9 Å². The Kier molecular flexibility index (Phi) is 8.04. The van der Waals surface area contributed by atoms with Gasteiger partial charge in [0.25, 0.3) is 0 Å². The summed E-state index contributed by atoms with van der Waals surface area (Å²) in [6.07, 6.45) is -4.81. The van der Waals surface area contributed by atoms with E-state index in [1.165, 1.54) is 35.7 Å². The zero-order valence-electron chi connectivity index (χ0n) is 19.6. The number of hydrogen-bond donors (Lipinski definition) is 0. The molecule has 8 nitrogen and oxygen atoms in total. The van der Waals surface area contributed by atoms with E-state index < -0.39 is 36.7 Å². The maximum Gasteiger partial charge on any atom is 0.417 e. The van der Waals surface area contributed by atoms with E-state index >= 15 is 0 Å². The van der Waals surface area contributed by atoms with Crippen LogP contribution in [0.5, 0.6) is 5.75 Å². The molecule has 0 radical (unpaired) electrons. The molecule has 3 rings (SSSR count). The maximum atomic E-state index is 13.4. The molecule has 2 aromatic rings. The Labute approximate surface area is 204 Å². The van der Waals surface area contributed by atoms with Gasteiger partial charge in [-0.05, 0) is 30.3 Å². The number of anilines is 1. The third-order valence-electron chi connectivity index (χ3n) is 5.88. The van der Waals surface area contributed by atoms with Crippen molar-refractivity contribution in [2.45, 2.75) is 29.8 Å².